The lowest BCUT2D eigenvalue weighted by Crippen LogP contribution is -2.39. The highest BCUT2D eigenvalue weighted by molar-refractivity contribution is 14.0. The Kier molecular flexibility index (Phi) is 9.55. The number of aliphatic imine (C=N–C) groups is 1. The number of halogens is 2. The smallest absolute Gasteiger partial charge is 0.216 e. The number of aliphatic hydroxyl groups excluding tert-OH is 1. The lowest BCUT2D eigenvalue weighted by Gasteiger charge is -2.15. The van der Waals surface area contributed by atoms with E-state index in [0.717, 1.165) is 11.3 Å². The number of nitrogens with one attached hydrogen (secondary N) is 2. The zero-order chi connectivity index (χ0) is 19.2. The summed E-state index contributed by atoms with van der Waals surface area (Å²) in [5.74, 6) is 1.99. The van der Waals surface area contributed by atoms with Gasteiger partial charge in [-0.1, -0.05) is 44.5 Å². The van der Waals surface area contributed by atoms with Gasteiger partial charge in [0.1, 0.15) is 12.3 Å². The van der Waals surface area contributed by atoms with Crippen molar-refractivity contribution >= 4 is 41.5 Å². The molecule has 0 spiro atoms. The summed E-state index contributed by atoms with van der Waals surface area (Å²) in [6, 6.07) is 7.13. The highest BCUT2D eigenvalue weighted by Crippen LogP contribution is 2.22. The Morgan fingerprint density at radius 1 is 1.26 bits per heavy atom. The van der Waals surface area contributed by atoms with Crippen molar-refractivity contribution in [1.29, 1.82) is 0 Å². The molecule has 1 atom stereocenters. The van der Waals surface area contributed by atoms with Crippen molar-refractivity contribution in [2.45, 2.75) is 45.8 Å². The maximum absolute atomic E-state index is 10.3. The number of benzene rings is 1. The number of nitrogens with zero attached hydrogens (tertiary/aromatic N) is 2. The van der Waals surface area contributed by atoms with Crippen LogP contribution in [0.2, 0.25) is 5.02 Å². The van der Waals surface area contributed by atoms with Crippen LogP contribution >= 0.6 is 35.6 Å². The van der Waals surface area contributed by atoms with E-state index < -0.39 is 6.10 Å². The average Bonchev–Trinajstić information content (AvgIpc) is 3.07. The van der Waals surface area contributed by atoms with Crippen LogP contribution in [0.3, 0.4) is 0 Å². The number of hydrogen-bond donors (Lipinski definition) is 3. The number of aliphatic hydroxyl groups is 1. The number of guanidine groups is 1. The topological polar surface area (TPSA) is 82.7 Å². The van der Waals surface area contributed by atoms with Gasteiger partial charge in [0.2, 0.25) is 5.89 Å². The SMILES string of the molecule is CCNC(=NCc1ncc(C(C)(C)C)o1)NCC(O)c1ccc(Cl)cc1.I. The molecule has 1 heterocycles. The largest absolute Gasteiger partial charge is 0.443 e. The molecule has 2 aromatic rings. The molecule has 1 aromatic heterocycles. The molecule has 6 nitrogen and oxygen atoms in total. The van der Waals surface area contributed by atoms with E-state index in [-0.39, 0.29) is 29.4 Å². The molecule has 0 amide bonds. The van der Waals surface area contributed by atoms with Gasteiger partial charge in [-0.2, -0.15) is 0 Å². The van der Waals surface area contributed by atoms with Crippen LogP contribution in [-0.2, 0) is 12.0 Å². The maximum atomic E-state index is 10.3. The van der Waals surface area contributed by atoms with Crippen LogP contribution in [0.5, 0.6) is 0 Å². The van der Waals surface area contributed by atoms with Crippen molar-refractivity contribution in [3.63, 3.8) is 0 Å². The zero-order valence-electron chi connectivity index (χ0n) is 16.1. The first kappa shape index (κ1) is 23.7. The van der Waals surface area contributed by atoms with Crippen molar-refractivity contribution in [3.05, 3.63) is 52.7 Å². The van der Waals surface area contributed by atoms with Gasteiger partial charge in [-0.05, 0) is 24.6 Å². The van der Waals surface area contributed by atoms with Crippen molar-refractivity contribution in [2.75, 3.05) is 13.1 Å². The van der Waals surface area contributed by atoms with Gasteiger partial charge in [0.05, 0.1) is 12.3 Å². The van der Waals surface area contributed by atoms with Crippen LogP contribution in [0.4, 0.5) is 0 Å². The van der Waals surface area contributed by atoms with E-state index in [1.54, 1.807) is 30.5 Å². The van der Waals surface area contributed by atoms with E-state index in [9.17, 15) is 5.11 Å². The molecule has 150 valence electrons. The highest BCUT2D eigenvalue weighted by Gasteiger charge is 2.19. The molecular formula is C19H28ClIN4O2. The van der Waals surface area contributed by atoms with Crippen molar-refractivity contribution in [3.8, 4) is 0 Å². The minimum atomic E-state index is -0.662. The van der Waals surface area contributed by atoms with Crippen LogP contribution in [0.25, 0.3) is 0 Å². The first-order valence-corrected chi connectivity index (χ1v) is 9.08. The Morgan fingerprint density at radius 3 is 2.48 bits per heavy atom. The predicted molar refractivity (Wildman–Crippen MR) is 120 cm³/mol. The summed E-state index contributed by atoms with van der Waals surface area (Å²) in [4.78, 5) is 8.74. The van der Waals surface area contributed by atoms with E-state index in [0.29, 0.717) is 36.5 Å². The van der Waals surface area contributed by atoms with Crippen LogP contribution in [0.15, 0.2) is 39.9 Å². The van der Waals surface area contributed by atoms with E-state index in [4.69, 9.17) is 16.0 Å². The molecule has 1 unspecified atom stereocenters. The predicted octanol–water partition coefficient (Wildman–Crippen LogP) is 4.03. The van der Waals surface area contributed by atoms with E-state index >= 15 is 0 Å². The first-order chi connectivity index (χ1) is 12.3. The normalized spacial score (nSPS) is 13.0. The molecule has 2 rings (SSSR count). The fourth-order valence-electron chi connectivity index (χ4n) is 2.21. The molecule has 0 aliphatic carbocycles. The molecule has 0 fully saturated rings. The second-order valence-corrected chi connectivity index (χ2v) is 7.45. The number of hydrogen-bond acceptors (Lipinski definition) is 4. The van der Waals surface area contributed by atoms with Crippen LogP contribution in [-0.4, -0.2) is 29.1 Å². The Hall–Kier alpha value is -1.32. The van der Waals surface area contributed by atoms with Crippen molar-refractivity contribution < 1.29 is 9.52 Å². The van der Waals surface area contributed by atoms with Gasteiger partial charge in [-0.25, -0.2) is 9.98 Å². The Bertz CT molecular complexity index is 726. The minimum absolute atomic E-state index is 0. The minimum Gasteiger partial charge on any atom is -0.443 e. The van der Waals surface area contributed by atoms with Crippen LogP contribution in [0, 0.1) is 0 Å². The zero-order valence-corrected chi connectivity index (χ0v) is 19.2. The molecule has 0 saturated carbocycles. The van der Waals surface area contributed by atoms with Gasteiger partial charge in [0.25, 0.3) is 0 Å². The number of aromatic nitrogens is 1. The van der Waals surface area contributed by atoms with Gasteiger partial charge in [-0.3, -0.25) is 0 Å². The van der Waals surface area contributed by atoms with Gasteiger partial charge < -0.3 is 20.2 Å². The van der Waals surface area contributed by atoms with Crippen molar-refractivity contribution in [2.24, 2.45) is 4.99 Å². The molecule has 8 heteroatoms. The second-order valence-electron chi connectivity index (χ2n) is 7.01. The lowest BCUT2D eigenvalue weighted by molar-refractivity contribution is 0.181. The van der Waals surface area contributed by atoms with E-state index in [1.807, 2.05) is 6.92 Å². The fourth-order valence-corrected chi connectivity index (χ4v) is 2.34. The quantitative estimate of drug-likeness (QED) is 0.313. The molecule has 0 saturated heterocycles. The third-order valence-electron chi connectivity index (χ3n) is 3.73. The highest BCUT2D eigenvalue weighted by atomic mass is 127. The maximum Gasteiger partial charge on any atom is 0.216 e. The van der Waals surface area contributed by atoms with Gasteiger partial charge in [0.15, 0.2) is 5.96 Å². The molecule has 3 N–H and O–H groups in total. The van der Waals surface area contributed by atoms with E-state index in [1.165, 1.54) is 0 Å². The molecule has 1 aromatic carbocycles. The molecule has 0 radical (unpaired) electrons. The Labute approximate surface area is 182 Å². The third kappa shape index (κ3) is 7.67. The molecule has 27 heavy (non-hydrogen) atoms. The summed E-state index contributed by atoms with van der Waals surface area (Å²) in [5.41, 5.74) is 0.709. The number of oxazole rings is 1. The summed E-state index contributed by atoms with van der Waals surface area (Å²) in [7, 11) is 0. The summed E-state index contributed by atoms with van der Waals surface area (Å²) in [6.45, 7) is 9.56. The van der Waals surface area contributed by atoms with Crippen LogP contribution in [0.1, 0.15) is 51.0 Å². The standard InChI is InChI=1S/C19H27ClN4O2.HI/c1-5-21-18(23-10-15(25)13-6-8-14(20)9-7-13)24-12-17-22-11-16(26-17)19(2,3)4;/h6-9,11,15,25H,5,10,12H2,1-4H3,(H2,21,23,24);1H. The summed E-state index contributed by atoms with van der Waals surface area (Å²) in [6.07, 6.45) is 1.08. The summed E-state index contributed by atoms with van der Waals surface area (Å²) >= 11 is 5.87. The third-order valence-corrected chi connectivity index (χ3v) is 3.98. The fraction of sp³-hybridized carbons (Fsp3) is 0.474. The average molecular weight is 507 g/mol. The van der Waals surface area contributed by atoms with Gasteiger partial charge >= 0.3 is 0 Å². The summed E-state index contributed by atoms with van der Waals surface area (Å²) in [5, 5.41) is 17.2. The lowest BCUT2D eigenvalue weighted by atomic mass is 9.94. The van der Waals surface area contributed by atoms with Crippen molar-refractivity contribution in [1.82, 2.24) is 15.6 Å². The summed E-state index contributed by atoms with van der Waals surface area (Å²) < 4.78 is 5.75. The van der Waals surface area contributed by atoms with Crippen LogP contribution < -0.4 is 10.6 Å². The monoisotopic (exact) mass is 506 g/mol. The first-order valence-electron chi connectivity index (χ1n) is 8.70. The molecule has 0 aliphatic heterocycles. The Balaban J connectivity index is 0.00000364. The van der Waals surface area contributed by atoms with Gasteiger partial charge in [-0.15, -0.1) is 24.0 Å². The molecular weight excluding hydrogens is 479 g/mol. The van der Waals surface area contributed by atoms with Gasteiger partial charge in [0, 0.05) is 23.5 Å². The molecule has 0 aliphatic rings. The number of rotatable bonds is 6. The van der Waals surface area contributed by atoms with E-state index in [2.05, 4.69) is 41.4 Å². The molecule has 0 bridgehead atoms. The second kappa shape index (κ2) is 10.9. The Morgan fingerprint density at radius 2 is 1.93 bits per heavy atom.